The van der Waals surface area contributed by atoms with Gasteiger partial charge < -0.3 is 0 Å². The number of nitrogens with zero attached hydrogens (tertiary/aromatic N) is 1. The third-order valence-corrected chi connectivity index (χ3v) is 5.39. The molecule has 0 unspecified atom stereocenters. The smallest absolute Gasteiger partial charge is 0.245 e. The lowest BCUT2D eigenvalue weighted by Gasteiger charge is -2.34. The lowest BCUT2D eigenvalue weighted by molar-refractivity contribution is -0.400. The van der Waals surface area contributed by atoms with E-state index < -0.39 is 33.2 Å². The van der Waals surface area contributed by atoms with Crippen molar-refractivity contribution in [1.29, 1.82) is 0 Å². The molecule has 160 valence electrons. The third kappa shape index (κ3) is 3.30. The minimum absolute atomic E-state index is 0.0393. The fraction of sp³-hybridized carbons (Fsp3) is 0.211. The van der Waals surface area contributed by atoms with E-state index >= 15 is 0 Å². The fourth-order valence-corrected chi connectivity index (χ4v) is 3.87. The standard InChI is InChI=1S/C19H9F9IN/c20-16(21,17(22,23)18(24,25)19(26,27)28)15-14(29)13(10-6-2-1-3-7-10)11-8-4-5-9-12(11)30-15/h1-9H. The van der Waals surface area contributed by atoms with Crippen molar-refractivity contribution in [3.05, 3.63) is 63.9 Å². The summed E-state index contributed by atoms with van der Waals surface area (Å²) in [5.41, 5.74) is -1.90. The maximum atomic E-state index is 14.6. The lowest BCUT2D eigenvalue weighted by Crippen LogP contribution is -2.59. The van der Waals surface area contributed by atoms with E-state index in [9.17, 15) is 39.5 Å². The Morgan fingerprint density at radius 1 is 0.667 bits per heavy atom. The van der Waals surface area contributed by atoms with Gasteiger partial charge in [-0.2, -0.15) is 39.5 Å². The highest BCUT2D eigenvalue weighted by Gasteiger charge is 2.82. The fourth-order valence-electron chi connectivity index (χ4n) is 2.81. The number of para-hydroxylation sites is 1. The van der Waals surface area contributed by atoms with Crippen molar-refractivity contribution >= 4 is 33.5 Å². The maximum Gasteiger partial charge on any atom is 0.460 e. The van der Waals surface area contributed by atoms with Crippen molar-refractivity contribution in [1.82, 2.24) is 4.98 Å². The van der Waals surface area contributed by atoms with Gasteiger partial charge in [0.25, 0.3) is 0 Å². The van der Waals surface area contributed by atoms with Crippen molar-refractivity contribution in [2.75, 3.05) is 0 Å². The first-order valence-corrected chi connectivity index (χ1v) is 9.15. The molecule has 2 aromatic carbocycles. The summed E-state index contributed by atoms with van der Waals surface area (Å²) in [5, 5.41) is 0.235. The summed E-state index contributed by atoms with van der Waals surface area (Å²) in [5.74, 6) is -19.7. The molecule has 1 heterocycles. The van der Waals surface area contributed by atoms with Crippen LogP contribution in [0.4, 0.5) is 39.5 Å². The van der Waals surface area contributed by atoms with Gasteiger partial charge in [-0.1, -0.05) is 48.5 Å². The second-order valence-electron chi connectivity index (χ2n) is 6.25. The molecule has 1 nitrogen and oxygen atoms in total. The summed E-state index contributed by atoms with van der Waals surface area (Å²) < 4.78 is 121. The molecule has 0 saturated heterocycles. The topological polar surface area (TPSA) is 12.9 Å². The quantitative estimate of drug-likeness (QED) is 0.244. The number of hydrogen-bond acceptors (Lipinski definition) is 1. The van der Waals surface area contributed by atoms with E-state index in [0.29, 0.717) is 0 Å². The number of aromatic nitrogens is 1. The van der Waals surface area contributed by atoms with Gasteiger partial charge in [-0.3, -0.25) is 0 Å². The number of hydrogen-bond donors (Lipinski definition) is 0. The van der Waals surface area contributed by atoms with Crippen LogP contribution >= 0.6 is 22.6 Å². The van der Waals surface area contributed by atoms with Crippen molar-refractivity contribution in [2.45, 2.75) is 23.9 Å². The van der Waals surface area contributed by atoms with Gasteiger partial charge in [-0.15, -0.1) is 0 Å². The molecular weight excluding hydrogens is 540 g/mol. The first kappa shape index (κ1) is 22.6. The minimum Gasteiger partial charge on any atom is -0.245 e. The Bertz CT molecular complexity index is 1080. The van der Waals surface area contributed by atoms with Gasteiger partial charge in [0.2, 0.25) is 0 Å². The summed E-state index contributed by atoms with van der Waals surface area (Å²) in [6, 6.07) is 13.0. The van der Waals surface area contributed by atoms with E-state index in [1.807, 2.05) is 0 Å². The zero-order chi connectivity index (χ0) is 22.5. The van der Waals surface area contributed by atoms with Gasteiger partial charge in [-0.05, 0) is 34.2 Å². The Hall–Kier alpha value is -2.05. The summed E-state index contributed by atoms with van der Waals surface area (Å²) >= 11 is 1.20. The maximum absolute atomic E-state index is 14.6. The van der Waals surface area contributed by atoms with Gasteiger partial charge >= 0.3 is 23.9 Å². The molecule has 0 fully saturated rings. The number of halogens is 10. The molecule has 1 aromatic heterocycles. The highest BCUT2D eigenvalue weighted by Crippen LogP contribution is 2.57. The molecule has 0 N–H and O–H groups in total. The number of benzene rings is 2. The monoisotopic (exact) mass is 549 g/mol. The molecule has 0 saturated carbocycles. The Morgan fingerprint density at radius 2 is 1.20 bits per heavy atom. The van der Waals surface area contributed by atoms with Crippen LogP contribution < -0.4 is 0 Å². The van der Waals surface area contributed by atoms with Crippen LogP contribution in [0.3, 0.4) is 0 Å². The predicted octanol–water partition coefficient (Wildman–Crippen LogP) is 7.43. The van der Waals surface area contributed by atoms with Crippen LogP contribution in [0, 0.1) is 3.57 Å². The Kier molecular flexibility index (Phi) is 5.49. The molecule has 0 aliphatic carbocycles. The Morgan fingerprint density at radius 3 is 1.77 bits per heavy atom. The summed E-state index contributed by atoms with van der Waals surface area (Å²) in [6.45, 7) is 0. The summed E-state index contributed by atoms with van der Waals surface area (Å²) in [7, 11) is 0. The molecule has 0 bridgehead atoms. The van der Waals surface area contributed by atoms with E-state index in [4.69, 9.17) is 0 Å². The van der Waals surface area contributed by atoms with Gasteiger partial charge in [0.1, 0.15) is 5.69 Å². The molecule has 0 aliphatic rings. The minimum atomic E-state index is -6.99. The van der Waals surface area contributed by atoms with Crippen LogP contribution in [-0.2, 0) is 5.92 Å². The molecule has 30 heavy (non-hydrogen) atoms. The van der Waals surface area contributed by atoms with Crippen molar-refractivity contribution in [2.24, 2.45) is 0 Å². The third-order valence-electron chi connectivity index (χ3n) is 4.34. The largest absolute Gasteiger partial charge is 0.460 e. The van der Waals surface area contributed by atoms with Crippen molar-refractivity contribution < 1.29 is 39.5 Å². The van der Waals surface area contributed by atoms with E-state index in [-0.39, 0.29) is 22.0 Å². The molecule has 11 heteroatoms. The predicted molar refractivity (Wildman–Crippen MR) is 99.7 cm³/mol. The van der Waals surface area contributed by atoms with Crippen LogP contribution in [-0.4, -0.2) is 23.0 Å². The zero-order valence-electron chi connectivity index (χ0n) is 14.4. The molecule has 0 atom stereocenters. The lowest BCUT2D eigenvalue weighted by atomic mass is 9.95. The van der Waals surface area contributed by atoms with Gasteiger partial charge in [0.15, 0.2) is 0 Å². The highest BCUT2D eigenvalue weighted by atomic mass is 127. The SMILES string of the molecule is FC(F)(F)C(F)(F)C(F)(F)C(F)(F)c1nc2ccccc2c(-c2ccccc2)c1I. The first-order chi connectivity index (χ1) is 13.7. The van der Waals surface area contributed by atoms with Crippen LogP contribution in [0.5, 0.6) is 0 Å². The average molecular weight is 549 g/mol. The molecule has 3 rings (SSSR count). The van der Waals surface area contributed by atoms with Crippen LogP contribution in [0.15, 0.2) is 54.6 Å². The second kappa shape index (κ2) is 7.27. The average Bonchev–Trinajstić information content (AvgIpc) is 2.67. The van der Waals surface area contributed by atoms with Crippen LogP contribution in [0.25, 0.3) is 22.0 Å². The molecule has 0 spiro atoms. The van der Waals surface area contributed by atoms with E-state index in [1.165, 1.54) is 65.1 Å². The van der Waals surface area contributed by atoms with Gasteiger partial charge in [-0.25, -0.2) is 4.98 Å². The normalized spacial score (nSPS) is 13.7. The molecule has 0 radical (unpaired) electrons. The van der Waals surface area contributed by atoms with Crippen molar-refractivity contribution in [3.8, 4) is 11.1 Å². The summed E-state index contributed by atoms with van der Waals surface area (Å²) in [6.07, 6.45) is -6.90. The van der Waals surface area contributed by atoms with Gasteiger partial charge in [0, 0.05) is 14.5 Å². The first-order valence-electron chi connectivity index (χ1n) is 8.08. The van der Waals surface area contributed by atoms with Gasteiger partial charge in [0.05, 0.1) is 5.52 Å². The Labute approximate surface area is 177 Å². The van der Waals surface area contributed by atoms with E-state index in [1.54, 1.807) is 6.07 Å². The number of pyridine rings is 1. The van der Waals surface area contributed by atoms with Crippen LogP contribution in [0.1, 0.15) is 5.69 Å². The Balaban J connectivity index is 2.35. The molecule has 0 aliphatic heterocycles. The number of fused-ring (bicyclic) bond motifs is 1. The zero-order valence-corrected chi connectivity index (χ0v) is 16.6. The molecule has 3 aromatic rings. The van der Waals surface area contributed by atoms with Crippen LogP contribution in [0.2, 0.25) is 0 Å². The highest BCUT2D eigenvalue weighted by molar-refractivity contribution is 14.1. The van der Waals surface area contributed by atoms with Crippen molar-refractivity contribution in [3.63, 3.8) is 0 Å². The summed E-state index contributed by atoms with van der Waals surface area (Å²) in [4.78, 5) is 3.36. The molecule has 0 amide bonds. The van der Waals surface area contributed by atoms with E-state index in [2.05, 4.69) is 4.98 Å². The second-order valence-corrected chi connectivity index (χ2v) is 7.33. The number of alkyl halides is 9. The van der Waals surface area contributed by atoms with E-state index in [0.717, 1.165) is 6.07 Å². The molecular formula is C19H9F9IN. The number of rotatable bonds is 4.